The summed E-state index contributed by atoms with van der Waals surface area (Å²) in [6.07, 6.45) is 3.19. The molecule has 0 saturated heterocycles. The fourth-order valence-electron chi connectivity index (χ4n) is 1.65. The lowest BCUT2D eigenvalue weighted by atomic mass is 10.0. The zero-order chi connectivity index (χ0) is 12.6. The van der Waals surface area contributed by atoms with E-state index in [9.17, 15) is 9.90 Å². The average Bonchev–Trinajstić information content (AvgIpc) is 2.23. The van der Waals surface area contributed by atoms with Gasteiger partial charge in [0.2, 0.25) is 0 Å². The molecule has 0 aromatic carbocycles. The summed E-state index contributed by atoms with van der Waals surface area (Å²) in [5, 5.41) is 12.4. The number of aliphatic carboxylic acids is 1. The predicted molar refractivity (Wildman–Crippen MR) is 66.7 cm³/mol. The first kappa shape index (κ1) is 15.4. The largest absolute Gasteiger partial charge is 0.480 e. The molecule has 0 aliphatic carbocycles. The number of hydrogen-bond acceptors (Lipinski definition) is 3. The maximum atomic E-state index is 11.2. The third-order valence-electron chi connectivity index (χ3n) is 2.72. The Hall–Kier alpha value is -0.610. The number of carboxylic acids is 1. The molecular weight excluding hydrogens is 204 g/mol. The van der Waals surface area contributed by atoms with Crippen molar-refractivity contribution in [1.29, 1.82) is 0 Å². The van der Waals surface area contributed by atoms with Crippen LogP contribution >= 0.6 is 0 Å². The molecule has 0 fully saturated rings. The lowest BCUT2D eigenvalue weighted by molar-refractivity contribution is -0.144. The molecule has 0 heterocycles. The van der Waals surface area contributed by atoms with Crippen LogP contribution < -0.4 is 5.32 Å². The summed E-state index contributed by atoms with van der Waals surface area (Å²) in [5.41, 5.74) is -0.835. The summed E-state index contributed by atoms with van der Waals surface area (Å²) in [6, 6.07) is 0. The molecule has 0 aromatic rings. The van der Waals surface area contributed by atoms with Crippen LogP contribution in [0.3, 0.4) is 0 Å². The molecule has 1 atom stereocenters. The van der Waals surface area contributed by atoms with Crippen LogP contribution in [0.5, 0.6) is 0 Å². The first-order valence-corrected chi connectivity index (χ1v) is 6.13. The summed E-state index contributed by atoms with van der Waals surface area (Å²) in [7, 11) is 1.98. The second-order valence-electron chi connectivity index (χ2n) is 4.66. The summed E-state index contributed by atoms with van der Waals surface area (Å²) < 4.78 is 0. The topological polar surface area (TPSA) is 52.6 Å². The van der Waals surface area contributed by atoms with Gasteiger partial charge >= 0.3 is 5.97 Å². The molecule has 4 nitrogen and oxygen atoms in total. The van der Waals surface area contributed by atoms with Crippen LogP contribution in [-0.4, -0.2) is 48.2 Å². The highest BCUT2D eigenvalue weighted by atomic mass is 16.4. The van der Waals surface area contributed by atoms with Gasteiger partial charge in [0.15, 0.2) is 0 Å². The molecule has 1 unspecified atom stereocenters. The van der Waals surface area contributed by atoms with E-state index in [2.05, 4.69) is 17.1 Å². The van der Waals surface area contributed by atoms with E-state index in [1.807, 2.05) is 14.0 Å². The van der Waals surface area contributed by atoms with Gasteiger partial charge in [-0.2, -0.15) is 0 Å². The number of likely N-dealkylation sites (N-methyl/N-ethyl adjacent to an activating group) is 1. The lowest BCUT2D eigenvalue weighted by Crippen LogP contribution is -2.56. The number of rotatable bonds is 9. The summed E-state index contributed by atoms with van der Waals surface area (Å²) in [5.74, 6) is -0.774. The molecule has 96 valence electrons. The van der Waals surface area contributed by atoms with Crippen LogP contribution in [0.15, 0.2) is 0 Å². The molecule has 0 aromatic heterocycles. The normalized spacial score (nSPS) is 15.1. The summed E-state index contributed by atoms with van der Waals surface area (Å²) in [6.45, 7) is 8.17. The van der Waals surface area contributed by atoms with Crippen LogP contribution in [0.25, 0.3) is 0 Å². The molecular formula is C12H26N2O2. The van der Waals surface area contributed by atoms with E-state index in [4.69, 9.17) is 0 Å². The molecule has 0 spiro atoms. The van der Waals surface area contributed by atoms with Crippen molar-refractivity contribution in [3.8, 4) is 0 Å². The van der Waals surface area contributed by atoms with Crippen molar-refractivity contribution in [2.75, 3.05) is 26.7 Å². The molecule has 0 saturated carbocycles. The second kappa shape index (κ2) is 7.63. The number of carbonyl (C=O) groups is 1. The minimum Gasteiger partial charge on any atom is -0.480 e. The highest BCUT2D eigenvalue weighted by Crippen LogP contribution is 2.07. The highest BCUT2D eigenvalue weighted by molar-refractivity contribution is 5.78. The minimum atomic E-state index is -0.835. The molecule has 4 heteroatoms. The summed E-state index contributed by atoms with van der Waals surface area (Å²) >= 11 is 0. The van der Waals surface area contributed by atoms with E-state index in [0.29, 0.717) is 6.54 Å². The van der Waals surface area contributed by atoms with Crippen molar-refractivity contribution in [2.24, 2.45) is 0 Å². The molecule has 2 N–H and O–H groups in total. The van der Waals surface area contributed by atoms with Crippen LogP contribution in [0.2, 0.25) is 0 Å². The van der Waals surface area contributed by atoms with Crippen LogP contribution in [-0.2, 0) is 4.79 Å². The molecule has 0 amide bonds. The molecule has 0 bridgehead atoms. The number of carboxylic acid groups (broad SMARTS) is 1. The smallest absolute Gasteiger partial charge is 0.324 e. The monoisotopic (exact) mass is 230 g/mol. The Labute approximate surface area is 99.0 Å². The van der Waals surface area contributed by atoms with E-state index in [-0.39, 0.29) is 0 Å². The van der Waals surface area contributed by atoms with Crippen molar-refractivity contribution in [3.05, 3.63) is 0 Å². The highest BCUT2D eigenvalue weighted by Gasteiger charge is 2.33. The molecule has 0 rings (SSSR count). The number of nitrogens with one attached hydrogen (secondary N) is 1. The van der Waals surface area contributed by atoms with Gasteiger partial charge in [-0.3, -0.25) is 4.79 Å². The zero-order valence-corrected chi connectivity index (χ0v) is 11.0. The molecule has 0 aliphatic heterocycles. The fourth-order valence-corrected chi connectivity index (χ4v) is 1.65. The van der Waals surface area contributed by atoms with Gasteiger partial charge in [-0.05, 0) is 39.9 Å². The van der Waals surface area contributed by atoms with Gasteiger partial charge in [-0.1, -0.05) is 20.3 Å². The van der Waals surface area contributed by atoms with Crippen molar-refractivity contribution in [3.63, 3.8) is 0 Å². The Morgan fingerprint density at radius 2 is 2.00 bits per heavy atom. The molecule has 0 radical (unpaired) electrons. The number of hydrogen-bond donors (Lipinski definition) is 2. The van der Waals surface area contributed by atoms with E-state index in [1.54, 1.807) is 6.92 Å². The van der Waals surface area contributed by atoms with Crippen LogP contribution in [0, 0.1) is 0 Å². The van der Waals surface area contributed by atoms with Gasteiger partial charge in [0.1, 0.15) is 5.54 Å². The maximum Gasteiger partial charge on any atom is 0.324 e. The quantitative estimate of drug-likeness (QED) is 0.631. The van der Waals surface area contributed by atoms with E-state index in [1.165, 1.54) is 0 Å². The Morgan fingerprint density at radius 3 is 2.44 bits per heavy atom. The van der Waals surface area contributed by atoms with Gasteiger partial charge in [-0.15, -0.1) is 0 Å². The van der Waals surface area contributed by atoms with Crippen molar-refractivity contribution in [1.82, 2.24) is 10.2 Å². The van der Waals surface area contributed by atoms with Gasteiger partial charge in [0.05, 0.1) is 0 Å². The van der Waals surface area contributed by atoms with Gasteiger partial charge < -0.3 is 15.3 Å². The third kappa shape index (κ3) is 5.47. The number of nitrogens with zero attached hydrogens (tertiary/aromatic N) is 1. The fraction of sp³-hybridized carbons (Fsp3) is 0.917. The van der Waals surface area contributed by atoms with Crippen LogP contribution in [0.4, 0.5) is 0 Å². The first-order valence-electron chi connectivity index (χ1n) is 6.13. The van der Waals surface area contributed by atoms with Crippen molar-refractivity contribution >= 4 is 5.97 Å². The summed E-state index contributed by atoms with van der Waals surface area (Å²) in [4.78, 5) is 13.3. The minimum absolute atomic E-state index is 0.544. The van der Waals surface area contributed by atoms with Gasteiger partial charge in [-0.25, -0.2) is 0 Å². The Balaban J connectivity index is 4.25. The Kier molecular flexibility index (Phi) is 7.34. The first-order chi connectivity index (χ1) is 7.46. The van der Waals surface area contributed by atoms with Crippen LogP contribution in [0.1, 0.15) is 40.0 Å². The average molecular weight is 230 g/mol. The standard InChI is InChI=1S/C12H26N2O2/c1-5-7-9-14(4)10-12(3,11(15)16)13-8-6-2/h13H,5-10H2,1-4H3,(H,15,16). The van der Waals surface area contributed by atoms with Crippen molar-refractivity contribution in [2.45, 2.75) is 45.6 Å². The number of unbranched alkanes of at least 4 members (excludes halogenated alkanes) is 1. The lowest BCUT2D eigenvalue weighted by Gasteiger charge is -2.31. The van der Waals surface area contributed by atoms with E-state index in [0.717, 1.165) is 32.4 Å². The molecule has 16 heavy (non-hydrogen) atoms. The Morgan fingerprint density at radius 1 is 1.38 bits per heavy atom. The third-order valence-corrected chi connectivity index (χ3v) is 2.72. The Bertz CT molecular complexity index is 209. The maximum absolute atomic E-state index is 11.2. The van der Waals surface area contributed by atoms with E-state index < -0.39 is 11.5 Å². The molecule has 0 aliphatic rings. The van der Waals surface area contributed by atoms with Gasteiger partial charge in [0, 0.05) is 6.54 Å². The SMILES string of the molecule is CCCCN(C)CC(C)(NCCC)C(=O)O. The van der Waals surface area contributed by atoms with Gasteiger partial charge in [0.25, 0.3) is 0 Å². The zero-order valence-electron chi connectivity index (χ0n) is 11.0. The predicted octanol–water partition coefficient (Wildman–Crippen LogP) is 1.56. The second-order valence-corrected chi connectivity index (χ2v) is 4.66. The van der Waals surface area contributed by atoms with Crippen molar-refractivity contribution < 1.29 is 9.90 Å². The van der Waals surface area contributed by atoms with E-state index >= 15 is 0 Å².